The zero-order valence-corrected chi connectivity index (χ0v) is 17.1. The summed E-state index contributed by atoms with van der Waals surface area (Å²) in [6, 6.07) is 5.12. The molecule has 4 atom stereocenters. The number of fused-ring (bicyclic) bond motifs is 4. The Balaban J connectivity index is 1.77. The number of nitrogens with one attached hydrogen (secondary N) is 1. The SMILES string of the molecule is CC[C@@H]1CN2CC[C@@]3(C(=O)Nc4cccc(O)c43)[C@H]2C[C@@H]1/C(=C\OC)C(=O)OC. The average molecular weight is 400 g/mol. The molecule has 2 saturated heterocycles. The molecule has 1 spiro atoms. The highest BCUT2D eigenvalue weighted by Gasteiger charge is 2.61. The van der Waals surface area contributed by atoms with Crippen molar-refractivity contribution >= 4 is 17.6 Å². The number of nitrogens with zero attached hydrogens (tertiary/aromatic N) is 1. The van der Waals surface area contributed by atoms with Gasteiger partial charge in [0.15, 0.2) is 0 Å². The van der Waals surface area contributed by atoms with Gasteiger partial charge in [-0.25, -0.2) is 4.79 Å². The number of esters is 1. The maximum absolute atomic E-state index is 13.2. The van der Waals surface area contributed by atoms with Crippen LogP contribution in [-0.2, 0) is 24.5 Å². The molecule has 2 fully saturated rings. The van der Waals surface area contributed by atoms with E-state index in [0.29, 0.717) is 29.7 Å². The molecule has 0 aromatic heterocycles. The lowest BCUT2D eigenvalue weighted by molar-refractivity contribution is -0.137. The highest BCUT2D eigenvalue weighted by atomic mass is 16.5. The molecule has 156 valence electrons. The highest BCUT2D eigenvalue weighted by Crippen LogP contribution is 2.55. The third-order valence-corrected chi connectivity index (χ3v) is 7.05. The van der Waals surface area contributed by atoms with Gasteiger partial charge < -0.3 is 19.9 Å². The van der Waals surface area contributed by atoms with Crippen molar-refractivity contribution in [3.63, 3.8) is 0 Å². The Labute approximate surface area is 170 Å². The minimum atomic E-state index is -0.800. The van der Waals surface area contributed by atoms with Crippen LogP contribution in [0.25, 0.3) is 0 Å². The molecule has 1 aromatic carbocycles. The molecule has 0 saturated carbocycles. The maximum Gasteiger partial charge on any atom is 0.337 e. The molecule has 3 aliphatic heterocycles. The monoisotopic (exact) mass is 400 g/mol. The molecular weight excluding hydrogens is 372 g/mol. The van der Waals surface area contributed by atoms with E-state index in [4.69, 9.17) is 9.47 Å². The van der Waals surface area contributed by atoms with Crippen molar-refractivity contribution in [2.24, 2.45) is 11.8 Å². The zero-order chi connectivity index (χ0) is 20.8. The number of phenols is 1. The summed E-state index contributed by atoms with van der Waals surface area (Å²) in [5.41, 5.74) is 1.10. The summed E-state index contributed by atoms with van der Waals surface area (Å²) in [5, 5.41) is 13.6. The summed E-state index contributed by atoms with van der Waals surface area (Å²) in [7, 11) is 2.90. The number of carbonyl (C=O) groups excluding carboxylic acids is 2. The fourth-order valence-corrected chi connectivity index (χ4v) is 5.73. The van der Waals surface area contributed by atoms with E-state index in [-0.39, 0.29) is 29.5 Å². The van der Waals surface area contributed by atoms with Gasteiger partial charge >= 0.3 is 5.97 Å². The Morgan fingerprint density at radius 3 is 2.90 bits per heavy atom. The van der Waals surface area contributed by atoms with Gasteiger partial charge in [-0.15, -0.1) is 0 Å². The van der Waals surface area contributed by atoms with E-state index in [9.17, 15) is 14.7 Å². The van der Waals surface area contributed by atoms with Gasteiger partial charge in [0.25, 0.3) is 0 Å². The topological polar surface area (TPSA) is 88.1 Å². The number of amides is 1. The van der Waals surface area contributed by atoms with E-state index in [1.807, 2.05) is 6.07 Å². The highest BCUT2D eigenvalue weighted by molar-refractivity contribution is 6.08. The summed E-state index contributed by atoms with van der Waals surface area (Å²) in [5.74, 6) is -0.125. The summed E-state index contributed by atoms with van der Waals surface area (Å²) in [4.78, 5) is 28.1. The van der Waals surface area contributed by atoms with E-state index in [0.717, 1.165) is 19.5 Å². The predicted molar refractivity (Wildman–Crippen MR) is 107 cm³/mol. The lowest BCUT2D eigenvalue weighted by Gasteiger charge is -2.45. The van der Waals surface area contributed by atoms with Crippen molar-refractivity contribution in [1.29, 1.82) is 0 Å². The third kappa shape index (κ3) is 2.82. The van der Waals surface area contributed by atoms with Gasteiger partial charge in [-0.05, 0) is 43.4 Å². The van der Waals surface area contributed by atoms with Gasteiger partial charge in [0, 0.05) is 23.8 Å². The van der Waals surface area contributed by atoms with Crippen LogP contribution in [0.2, 0.25) is 0 Å². The normalized spacial score (nSPS) is 31.3. The van der Waals surface area contributed by atoms with Gasteiger partial charge in [0.05, 0.1) is 31.5 Å². The van der Waals surface area contributed by atoms with Crippen molar-refractivity contribution in [3.8, 4) is 5.75 Å². The first-order valence-corrected chi connectivity index (χ1v) is 10.2. The second-order valence-corrected chi connectivity index (χ2v) is 8.20. The number of benzene rings is 1. The molecule has 29 heavy (non-hydrogen) atoms. The molecule has 7 nitrogen and oxygen atoms in total. The standard InChI is InChI=1S/C22H28N2O5/c1-4-13-11-24-9-8-22(19-16(23-21(22)27)6-5-7-17(19)25)18(24)10-14(13)15(12-28-2)20(26)29-3/h5-7,12-14,18,25H,4,8-11H2,1-3H3,(H,23,27)/b15-12+/t13-,14+,18-,22-/m1/s1. The Morgan fingerprint density at radius 2 is 2.21 bits per heavy atom. The lowest BCUT2D eigenvalue weighted by Crippen LogP contribution is -2.53. The number of ether oxygens (including phenoxy) is 2. The van der Waals surface area contributed by atoms with E-state index in [1.165, 1.54) is 20.5 Å². The molecule has 4 rings (SSSR count). The molecule has 7 heteroatoms. The van der Waals surface area contributed by atoms with Crippen LogP contribution >= 0.6 is 0 Å². The molecule has 0 bridgehead atoms. The number of hydrogen-bond donors (Lipinski definition) is 2. The second kappa shape index (κ2) is 7.37. The lowest BCUT2D eigenvalue weighted by atomic mass is 9.67. The van der Waals surface area contributed by atoms with E-state index < -0.39 is 11.4 Å². The molecule has 3 heterocycles. The Hall–Kier alpha value is -2.54. The summed E-state index contributed by atoms with van der Waals surface area (Å²) in [6.07, 6.45) is 3.67. The third-order valence-electron chi connectivity index (χ3n) is 7.05. The number of hydrogen-bond acceptors (Lipinski definition) is 6. The van der Waals surface area contributed by atoms with Crippen molar-refractivity contribution in [3.05, 3.63) is 35.6 Å². The number of methoxy groups -OCH3 is 2. The van der Waals surface area contributed by atoms with Gasteiger partial charge in [-0.2, -0.15) is 0 Å². The fourth-order valence-electron chi connectivity index (χ4n) is 5.73. The van der Waals surface area contributed by atoms with E-state index in [2.05, 4.69) is 17.1 Å². The number of rotatable bonds is 4. The summed E-state index contributed by atoms with van der Waals surface area (Å²) < 4.78 is 10.2. The Kier molecular flexibility index (Phi) is 5.02. The summed E-state index contributed by atoms with van der Waals surface area (Å²) in [6.45, 7) is 3.70. The molecule has 0 aliphatic carbocycles. The van der Waals surface area contributed by atoms with Crippen LogP contribution < -0.4 is 5.32 Å². The molecular formula is C22H28N2O5. The van der Waals surface area contributed by atoms with Gasteiger partial charge in [0.2, 0.25) is 5.91 Å². The van der Waals surface area contributed by atoms with Crippen LogP contribution in [-0.4, -0.2) is 55.2 Å². The largest absolute Gasteiger partial charge is 0.508 e. The minimum absolute atomic E-state index is 0.0643. The Bertz CT molecular complexity index is 867. The molecule has 1 aromatic rings. The van der Waals surface area contributed by atoms with Gasteiger partial charge in [-0.1, -0.05) is 19.4 Å². The number of aromatic hydroxyl groups is 1. The number of carbonyl (C=O) groups is 2. The summed E-state index contributed by atoms with van der Waals surface area (Å²) >= 11 is 0. The van der Waals surface area contributed by atoms with Crippen LogP contribution in [0.4, 0.5) is 5.69 Å². The molecule has 3 aliphatic rings. The maximum atomic E-state index is 13.2. The van der Waals surface area contributed by atoms with Crippen molar-refractivity contribution in [2.45, 2.75) is 37.6 Å². The molecule has 0 unspecified atom stereocenters. The zero-order valence-electron chi connectivity index (χ0n) is 17.1. The smallest absolute Gasteiger partial charge is 0.337 e. The molecule has 0 radical (unpaired) electrons. The van der Waals surface area contributed by atoms with Crippen LogP contribution in [0.15, 0.2) is 30.0 Å². The minimum Gasteiger partial charge on any atom is -0.508 e. The quantitative estimate of drug-likeness (QED) is 0.458. The first-order valence-electron chi connectivity index (χ1n) is 10.2. The van der Waals surface area contributed by atoms with Crippen LogP contribution in [0, 0.1) is 11.8 Å². The van der Waals surface area contributed by atoms with Crippen molar-refractivity contribution in [2.75, 3.05) is 32.6 Å². The first kappa shape index (κ1) is 19.8. The molecule has 1 amide bonds. The number of phenolic OH excluding ortho intramolecular Hbond substituents is 1. The molecule has 2 N–H and O–H groups in total. The second-order valence-electron chi connectivity index (χ2n) is 8.20. The fraction of sp³-hybridized carbons (Fsp3) is 0.545. The predicted octanol–water partition coefficient (Wildman–Crippen LogP) is 2.41. The number of piperidine rings is 1. The van der Waals surface area contributed by atoms with Crippen molar-refractivity contribution < 1.29 is 24.2 Å². The Morgan fingerprint density at radius 1 is 1.41 bits per heavy atom. The van der Waals surface area contributed by atoms with Crippen LogP contribution in [0.5, 0.6) is 5.75 Å². The van der Waals surface area contributed by atoms with Gasteiger partial charge in [0.1, 0.15) is 5.75 Å². The van der Waals surface area contributed by atoms with Crippen LogP contribution in [0.1, 0.15) is 31.7 Å². The van der Waals surface area contributed by atoms with E-state index >= 15 is 0 Å². The first-order chi connectivity index (χ1) is 14.0. The average Bonchev–Trinajstić information content (AvgIpc) is 3.24. The van der Waals surface area contributed by atoms with Crippen molar-refractivity contribution in [1.82, 2.24) is 4.90 Å². The van der Waals surface area contributed by atoms with Crippen LogP contribution in [0.3, 0.4) is 0 Å². The van der Waals surface area contributed by atoms with Gasteiger partial charge in [-0.3, -0.25) is 9.69 Å². The number of anilines is 1. The van der Waals surface area contributed by atoms with E-state index in [1.54, 1.807) is 12.1 Å².